The Morgan fingerprint density at radius 1 is 1.24 bits per heavy atom. The van der Waals surface area contributed by atoms with Crippen LogP contribution in [-0.2, 0) is 4.74 Å². The first-order valence-electron chi connectivity index (χ1n) is 4.61. The summed E-state index contributed by atoms with van der Waals surface area (Å²) in [6.45, 7) is 0.281. The maximum Gasteiger partial charge on any atom is 0.266 e. The highest BCUT2D eigenvalue weighted by molar-refractivity contribution is 6.76. The quantitative estimate of drug-likeness (QED) is 0.674. The van der Waals surface area contributed by atoms with Gasteiger partial charge in [0.05, 0.1) is 10.0 Å². The molecule has 0 N–H and O–H groups in total. The normalized spacial score (nSPS) is 20.1. The molecule has 1 aliphatic heterocycles. The van der Waals surface area contributed by atoms with E-state index in [1.807, 2.05) is 6.07 Å². The van der Waals surface area contributed by atoms with Crippen molar-refractivity contribution in [2.45, 2.75) is 9.83 Å². The van der Waals surface area contributed by atoms with Crippen molar-refractivity contribution in [1.29, 1.82) is 0 Å². The third-order valence-corrected chi connectivity index (χ3v) is 3.55. The van der Waals surface area contributed by atoms with E-state index < -0.39 is 3.79 Å². The molecule has 0 saturated heterocycles. The van der Waals surface area contributed by atoms with Crippen molar-refractivity contribution in [2.24, 2.45) is 4.99 Å². The molecule has 1 unspecified atom stereocenters. The van der Waals surface area contributed by atoms with E-state index >= 15 is 0 Å². The average Bonchev–Trinajstić information content (AvgIpc) is 2.70. The molecule has 0 aliphatic carbocycles. The van der Waals surface area contributed by atoms with Crippen LogP contribution >= 0.6 is 58.0 Å². The third-order valence-electron chi connectivity index (χ3n) is 2.23. The lowest BCUT2D eigenvalue weighted by Gasteiger charge is -2.08. The van der Waals surface area contributed by atoms with Crippen molar-refractivity contribution >= 4 is 63.9 Å². The van der Waals surface area contributed by atoms with E-state index in [0.717, 1.165) is 5.56 Å². The second-order valence-electron chi connectivity index (χ2n) is 3.40. The zero-order valence-electron chi connectivity index (χ0n) is 8.26. The van der Waals surface area contributed by atoms with E-state index in [9.17, 15) is 0 Å². The van der Waals surface area contributed by atoms with Crippen molar-refractivity contribution < 1.29 is 4.74 Å². The SMILES string of the molecule is Clc1cccc(C2COC(C(Cl)(Cl)Cl)=N2)c1Cl. The van der Waals surface area contributed by atoms with Gasteiger partial charge < -0.3 is 4.74 Å². The summed E-state index contributed by atoms with van der Waals surface area (Å²) in [6.07, 6.45) is 0. The molecule has 0 aromatic heterocycles. The van der Waals surface area contributed by atoms with Gasteiger partial charge in [0.2, 0.25) is 5.90 Å². The first kappa shape index (κ1) is 13.6. The van der Waals surface area contributed by atoms with Gasteiger partial charge in [-0.3, -0.25) is 0 Å². The topological polar surface area (TPSA) is 21.6 Å². The summed E-state index contributed by atoms with van der Waals surface area (Å²) in [5.41, 5.74) is 0.753. The molecule has 0 radical (unpaired) electrons. The second kappa shape index (κ2) is 5.02. The van der Waals surface area contributed by atoms with E-state index in [2.05, 4.69) is 4.99 Å². The van der Waals surface area contributed by atoms with Gasteiger partial charge in [0.25, 0.3) is 3.79 Å². The summed E-state index contributed by atoms with van der Waals surface area (Å²) >= 11 is 29.0. The van der Waals surface area contributed by atoms with Crippen LogP contribution in [0.5, 0.6) is 0 Å². The molecule has 0 bridgehead atoms. The molecule has 0 spiro atoms. The van der Waals surface area contributed by atoms with Gasteiger partial charge in [-0.15, -0.1) is 0 Å². The number of halogens is 5. The van der Waals surface area contributed by atoms with Gasteiger partial charge in [-0.25, -0.2) is 4.99 Å². The monoisotopic (exact) mass is 331 g/mol. The molecule has 1 heterocycles. The van der Waals surface area contributed by atoms with Gasteiger partial charge in [0, 0.05) is 5.56 Å². The van der Waals surface area contributed by atoms with Crippen LogP contribution in [0.2, 0.25) is 10.0 Å². The molecular weight excluding hydrogens is 327 g/mol. The van der Waals surface area contributed by atoms with Crippen LogP contribution in [-0.4, -0.2) is 16.3 Å². The first-order valence-corrected chi connectivity index (χ1v) is 6.50. The number of rotatable bonds is 1. The van der Waals surface area contributed by atoms with Gasteiger partial charge in [0.1, 0.15) is 12.6 Å². The summed E-state index contributed by atoms with van der Waals surface area (Å²) in [5, 5.41) is 0.902. The lowest BCUT2D eigenvalue weighted by molar-refractivity contribution is 0.314. The Labute approximate surface area is 123 Å². The Hall–Kier alpha value is 0.140. The fraction of sp³-hybridized carbons (Fsp3) is 0.300. The number of hydrogen-bond donors (Lipinski definition) is 0. The Morgan fingerprint density at radius 2 is 1.94 bits per heavy atom. The molecule has 1 atom stereocenters. The van der Waals surface area contributed by atoms with E-state index in [-0.39, 0.29) is 18.5 Å². The number of ether oxygens (including phenoxy) is 1. The van der Waals surface area contributed by atoms with Crippen molar-refractivity contribution in [1.82, 2.24) is 0 Å². The van der Waals surface area contributed by atoms with Crippen LogP contribution in [0, 0.1) is 0 Å². The van der Waals surface area contributed by atoms with Crippen molar-refractivity contribution in [3.63, 3.8) is 0 Å². The van der Waals surface area contributed by atoms with Crippen LogP contribution in [0.15, 0.2) is 23.2 Å². The smallest absolute Gasteiger partial charge is 0.266 e. The largest absolute Gasteiger partial charge is 0.475 e. The minimum absolute atomic E-state index is 0.0727. The number of nitrogens with zero attached hydrogens (tertiary/aromatic N) is 1. The minimum atomic E-state index is -1.65. The Morgan fingerprint density at radius 3 is 2.53 bits per heavy atom. The van der Waals surface area contributed by atoms with E-state index in [4.69, 9.17) is 62.7 Å². The fourth-order valence-electron chi connectivity index (χ4n) is 1.47. The lowest BCUT2D eigenvalue weighted by Crippen LogP contribution is -2.18. The molecule has 0 amide bonds. The van der Waals surface area contributed by atoms with Crippen LogP contribution < -0.4 is 0 Å². The van der Waals surface area contributed by atoms with E-state index in [1.165, 1.54) is 0 Å². The van der Waals surface area contributed by atoms with Crippen LogP contribution in [0.1, 0.15) is 11.6 Å². The van der Waals surface area contributed by atoms with Gasteiger partial charge in [-0.1, -0.05) is 70.1 Å². The molecule has 92 valence electrons. The van der Waals surface area contributed by atoms with E-state index in [1.54, 1.807) is 12.1 Å². The average molecular weight is 333 g/mol. The van der Waals surface area contributed by atoms with Gasteiger partial charge >= 0.3 is 0 Å². The lowest BCUT2D eigenvalue weighted by atomic mass is 10.1. The van der Waals surface area contributed by atoms with Gasteiger partial charge in [-0.2, -0.15) is 0 Å². The van der Waals surface area contributed by atoms with E-state index in [0.29, 0.717) is 10.0 Å². The van der Waals surface area contributed by atoms with Crippen LogP contribution in [0.25, 0.3) is 0 Å². The summed E-state index contributed by atoms with van der Waals surface area (Å²) in [6, 6.07) is 4.99. The minimum Gasteiger partial charge on any atom is -0.475 e. The first-order chi connectivity index (χ1) is 7.89. The molecule has 1 aromatic carbocycles. The third kappa shape index (κ3) is 2.94. The second-order valence-corrected chi connectivity index (χ2v) is 6.47. The van der Waals surface area contributed by atoms with Gasteiger partial charge in [0.15, 0.2) is 0 Å². The Bertz CT molecular complexity index is 468. The maximum atomic E-state index is 6.08. The predicted molar refractivity (Wildman–Crippen MR) is 72.9 cm³/mol. The summed E-state index contributed by atoms with van der Waals surface area (Å²) in [7, 11) is 0. The molecule has 1 aromatic rings. The number of aliphatic imine (C=N–C) groups is 1. The molecule has 7 heteroatoms. The van der Waals surface area contributed by atoms with Crippen LogP contribution in [0.3, 0.4) is 0 Å². The molecule has 0 fully saturated rings. The molecule has 0 saturated carbocycles. The summed E-state index contributed by atoms with van der Waals surface area (Å²) in [5.74, 6) is 0.0727. The Balaban J connectivity index is 2.32. The molecule has 2 rings (SSSR count). The number of alkyl halides is 3. The molecule has 1 aliphatic rings. The molecule has 2 nitrogen and oxygen atoms in total. The maximum absolute atomic E-state index is 6.08. The Kier molecular flexibility index (Phi) is 4.01. The van der Waals surface area contributed by atoms with Crippen molar-refractivity contribution in [3.05, 3.63) is 33.8 Å². The zero-order valence-corrected chi connectivity index (χ0v) is 12.0. The highest BCUT2D eigenvalue weighted by atomic mass is 35.6. The van der Waals surface area contributed by atoms with Crippen molar-refractivity contribution in [2.75, 3.05) is 6.61 Å². The number of hydrogen-bond acceptors (Lipinski definition) is 2. The molecule has 17 heavy (non-hydrogen) atoms. The van der Waals surface area contributed by atoms with Crippen molar-refractivity contribution in [3.8, 4) is 0 Å². The summed E-state index contributed by atoms with van der Waals surface area (Å²) in [4.78, 5) is 4.19. The van der Waals surface area contributed by atoms with Crippen LogP contribution in [0.4, 0.5) is 0 Å². The number of benzene rings is 1. The highest BCUT2D eigenvalue weighted by Gasteiger charge is 2.36. The predicted octanol–water partition coefficient (Wildman–Crippen LogP) is 4.83. The van der Waals surface area contributed by atoms with Gasteiger partial charge in [-0.05, 0) is 6.07 Å². The molecular formula is C10H6Cl5NO. The standard InChI is InChI=1S/C10H6Cl5NO/c11-6-3-1-2-5(8(6)12)7-4-17-9(16-7)10(13,14)15/h1-3,7H,4H2. The fourth-order valence-corrected chi connectivity index (χ4v) is 2.21. The zero-order chi connectivity index (χ0) is 12.6. The summed E-state index contributed by atoms with van der Waals surface area (Å²) < 4.78 is 3.58. The highest BCUT2D eigenvalue weighted by Crippen LogP contribution is 2.38.